The molecule has 0 saturated carbocycles. The quantitative estimate of drug-likeness (QED) is 0.496. The molecule has 3 aromatic rings. The fraction of sp³-hybridized carbons (Fsp3) is 0.182. The number of nitrogens with zero attached hydrogens (tertiary/aromatic N) is 1. The minimum absolute atomic E-state index is 0.0856. The summed E-state index contributed by atoms with van der Waals surface area (Å²) in [6.07, 6.45) is 1.32. The zero-order chi connectivity index (χ0) is 21.8. The van der Waals surface area contributed by atoms with Crippen LogP contribution in [0.5, 0.6) is 11.5 Å². The van der Waals surface area contributed by atoms with E-state index in [0.717, 1.165) is 5.56 Å². The van der Waals surface area contributed by atoms with Crippen molar-refractivity contribution in [2.75, 3.05) is 6.54 Å². The SMILES string of the molecule is Cn1c(-c2ccc(O)cc2)cc(C(=O)NCCCc2ccc(Cl)c(Cl)c2)c(O)c1=O. The van der Waals surface area contributed by atoms with E-state index in [1.807, 2.05) is 6.07 Å². The van der Waals surface area contributed by atoms with Gasteiger partial charge in [0, 0.05) is 13.6 Å². The van der Waals surface area contributed by atoms with Crippen LogP contribution in [-0.2, 0) is 13.5 Å². The van der Waals surface area contributed by atoms with Gasteiger partial charge >= 0.3 is 0 Å². The molecule has 1 heterocycles. The number of carbonyl (C=O) groups excluding carboxylic acids is 1. The van der Waals surface area contributed by atoms with Gasteiger partial charge in [0.15, 0.2) is 5.75 Å². The van der Waals surface area contributed by atoms with Gasteiger partial charge in [0.2, 0.25) is 0 Å². The second-order valence-corrected chi connectivity index (χ2v) is 7.63. The summed E-state index contributed by atoms with van der Waals surface area (Å²) in [6, 6.07) is 13.0. The van der Waals surface area contributed by atoms with Crippen molar-refractivity contribution in [2.24, 2.45) is 7.05 Å². The van der Waals surface area contributed by atoms with E-state index in [1.54, 1.807) is 24.3 Å². The van der Waals surface area contributed by atoms with Crippen LogP contribution >= 0.6 is 23.2 Å². The summed E-state index contributed by atoms with van der Waals surface area (Å²) in [5.74, 6) is -1.07. The molecule has 0 aliphatic rings. The molecule has 0 spiro atoms. The number of pyridine rings is 1. The van der Waals surface area contributed by atoms with Crippen LogP contribution in [0.3, 0.4) is 0 Å². The van der Waals surface area contributed by atoms with Crippen molar-refractivity contribution in [3.63, 3.8) is 0 Å². The van der Waals surface area contributed by atoms with Crippen molar-refractivity contribution in [2.45, 2.75) is 12.8 Å². The second kappa shape index (κ2) is 9.24. The van der Waals surface area contributed by atoms with E-state index < -0.39 is 17.2 Å². The lowest BCUT2D eigenvalue weighted by Crippen LogP contribution is -2.28. The molecule has 3 N–H and O–H groups in total. The third kappa shape index (κ3) is 4.78. The number of carbonyl (C=O) groups is 1. The van der Waals surface area contributed by atoms with Gasteiger partial charge in [-0.05, 0) is 66.4 Å². The van der Waals surface area contributed by atoms with Crippen LogP contribution in [0.15, 0.2) is 53.3 Å². The lowest BCUT2D eigenvalue weighted by Gasteiger charge is -2.13. The van der Waals surface area contributed by atoms with E-state index in [4.69, 9.17) is 23.2 Å². The highest BCUT2D eigenvalue weighted by Crippen LogP contribution is 2.25. The van der Waals surface area contributed by atoms with Crippen molar-refractivity contribution in [1.82, 2.24) is 9.88 Å². The Hall–Kier alpha value is -2.96. The van der Waals surface area contributed by atoms with Gasteiger partial charge in [-0.2, -0.15) is 0 Å². The van der Waals surface area contributed by atoms with Crippen molar-refractivity contribution in [3.05, 3.63) is 80.1 Å². The Labute approximate surface area is 183 Å². The molecular formula is C22H20Cl2N2O4. The molecule has 6 nitrogen and oxygen atoms in total. The van der Waals surface area contributed by atoms with Crippen LogP contribution < -0.4 is 10.9 Å². The summed E-state index contributed by atoms with van der Waals surface area (Å²) < 4.78 is 1.25. The molecule has 8 heteroatoms. The topological polar surface area (TPSA) is 91.6 Å². The highest BCUT2D eigenvalue weighted by molar-refractivity contribution is 6.42. The van der Waals surface area contributed by atoms with Gasteiger partial charge in [-0.25, -0.2) is 0 Å². The fourth-order valence-corrected chi connectivity index (χ4v) is 3.37. The number of amides is 1. The summed E-state index contributed by atoms with van der Waals surface area (Å²) in [4.78, 5) is 25.0. The van der Waals surface area contributed by atoms with Crippen LogP contribution in [-0.4, -0.2) is 27.2 Å². The number of nitrogens with one attached hydrogen (secondary N) is 1. The predicted octanol–water partition coefficient (Wildman–Crippen LogP) is 4.13. The molecule has 0 atom stereocenters. The Balaban J connectivity index is 1.72. The molecule has 1 aromatic heterocycles. The van der Waals surface area contributed by atoms with Gasteiger partial charge in [-0.3, -0.25) is 9.59 Å². The number of hydrogen-bond acceptors (Lipinski definition) is 4. The summed E-state index contributed by atoms with van der Waals surface area (Å²) in [7, 11) is 1.50. The van der Waals surface area contributed by atoms with E-state index >= 15 is 0 Å². The van der Waals surface area contributed by atoms with Gasteiger partial charge in [0.05, 0.1) is 21.3 Å². The Morgan fingerprint density at radius 1 is 1.03 bits per heavy atom. The number of aromatic nitrogens is 1. The third-order valence-corrected chi connectivity index (χ3v) is 5.46. The first-order valence-corrected chi connectivity index (χ1v) is 9.98. The fourth-order valence-electron chi connectivity index (χ4n) is 3.05. The van der Waals surface area contributed by atoms with Crippen LogP contribution in [0.2, 0.25) is 10.0 Å². The Morgan fingerprint density at radius 2 is 1.73 bits per heavy atom. The van der Waals surface area contributed by atoms with Crippen LogP contribution in [0, 0.1) is 0 Å². The highest BCUT2D eigenvalue weighted by atomic mass is 35.5. The Kier molecular flexibility index (Phi) is 6.70. The molecule has 0 aliphatic carbocycles. The third-order valence-electron chi connectivity index (χ3n) is 4.72. The summed E-state index contributed by atoms with van der Waals surface area (Å²) in [6.45, 7) is 0.349. The maximum absolute atomic E-state index is 12.6. The molecule has 0 fully saturated rings. The largest absolute Gasteiger partial charge is 0.508 e. The number of halogens is 2. The smallest absolute Gasteiger partial charge is 0.293 e. The lowest BCUT2D eigenvalue weighted by atomic mass is 10.1. The summed E-state index contributed by atoms with van der Waals surface area (Å²) >= 11 is 11.9. The Bertz CT molecular complexity index is 1140. The molecule has 3 rings (SSSR count). The first-order chi connectivity index (χ1) is 14.3. The zero-order valence-corrected chi connectivity index (χ0v) is 17.7. The molecular weight excluding hydrogens is 427 g/mol. The van der Waals surface area contributed by atoms with Gasteiger partial charge in [-0.1, -0.05) is 29.3 Å². The summed E-state index contributed by atoms with van der Waals surface area (Å²) in [5, 5.41) is 23.3. The van der Waals surface area contributed by atoms with Crippen molar-refractivity contribution in [3.8, 4) is 22.8 Å². The number of phenolic OH excluding ortho intramolecular Hbond substituents is 1. The van der Waals surface area contributed by atoms with Gasteiger partial charge in [-0.15, -0.1) is 0 Å². The average molecular weight is 447 g/mol. The molecule has 0 saturated heterocycles. The average Bonchev–Trinajstić information content (AvgIpc) is 2.73. The normalized spacial score (nSPS) is 10.8. The first kappa shape index (κ1) is 21.7. The molecule has 0 radical (unpaired) electrons. The number of benzene rings is 2. The van der Waals surface area contributed by atoms with Crippen LogP contribution in [0.1, 0.15) is 22.3 Å². The monoisotopic (exact) mass is 446 g/mol. The number of hydrogen-bond donors (Lipinski definition) is 3. The van der Waals surface area contributed by atoms with E-state index in [1.165, 1.54) is 29.8 Å². The highest BCUT2D eigenvalue weighted by Gasteiger charge is 2.18. The van der Waals surface area contributed by atoms with Crippen molar-refractivity contribution < 1.29 is 15.0 Å². The second-order valence-electron chi connectivity index (χ2n) is 6.81. The van der Waals surface area contributed by atoms with E-state index in [-0.39, 0.29) is 11.3 Å². The number of phenols is 1. The first-order valence-electron chi connectivity index (χ1n) is 9.22. The maximum atomic E-state index is 12.6. The lowest BCUT2D eigenvalue weighted by molar-refractivity contribution is 0.0950. The minimum Gasteiger partial charge on any atom is -0.508 e. The zero-order valence-electron chi connectivity index (χ0n) is 16.2. The van der Waals surface area contributed by atoms with Crippen LogP contribution in [0.4, 0.5) is 0 Å². The van der Waals surface area contributed by atoms with Gasteiger partial charge in [0.1, 0.15) is 5.75 Å². The van der Waals surface area contributed by atoms with E-state index in [0.29, 0.717) is 40.7 Å². The standard InChI is InChI=1S/C22H20Cl2N2O4/c1-26-19(14-5-7-15(27)8-6-14)12-16(20(28)22(26)30)21(29)25-10-2-3-13-4-9-17(23)18(24)11-13/h4-9,11-12,27-28H,2-3,10H2,1H3,(H,25,29). The Morgan fingerprint density at radius 3 is 2.40 bits per heavy atom. The molecule has 156 valence electrons. The molecule has 0 bridgehead atoms. The summed E-state index contributed by atoms with van der Waals surface area (Å²) in [5.41, 5.74) is 1.28. The van der Waals surface area contributed by atoms with Gasteiger partial charge in [0.25, 0.3) is 11.5 Å². The molecule has 0 unspecified atom stereocenters. The maximum Gasteiger partial charge on any atom is 0.293 e. The minimum atomic E-state index is -0.679. The molecule has 0 aliphatic heterocycles. The number of rotatable bonds is 6. The molecule has 1 amide bonds. The van der Waals surface area contributed by atoms with Crippen molar-refractivity contribution in [1.29, 1.82) is 0 Å². The predicted molar refractivity (Wildman–Crippen MR) is 118 cm³/mol. The van der Waals surface area contributed by atoms with Crippen LogP contribution in [0.25, 0.3) is 11.3 Å². The number of aryl methyl sites for hydroxylation is 1. The van der Waals surface area contributed by atoms with E-state index in [9.17, 15) is 19.8 Å². The van der Waals surface area contributed by atoms with E-state index in [2.05, 4.69) is 5.32 Å². The van der Waals surface area contributed by atoms with Gasteiger partial charge < -0.3 is 20.1 Å². The molecule has 2 aromatic carbocycles. The number of aromatic hydroxyl groups is 2. The molecule has 30 heavy (non-hydrogen) atoms. The van der Waals surface area contributed by atoms with Crippen molar-refractivity contribution >= 4 is 29.1 Å².